The topological polar surface area (TPSA) is 78.9 Å². The molecule has 0 bridgehead atoms. The van der Waals surface area contributed by atoms with Gasteiger partial charge in [0.1, 0.15) is 5.75 Å². The molecule has 0 aliphatic carbocycles. The monoisotopic (exact) mass is 521 g/mol. The second-order valence-corrected chi connectivity index (χ2v) is 11.5. The van der Waals surface area contributed by atoms with Gasteiger partial charge in [-0.3, -0.25) is 9.69 Å². The van der Waals surface area contributed by atoms with Crippen molar-refractivity contribution in [2.45, 2.75) is 43.9 Å². The van der Waals surface area contributed by atoms with Crippen LogP contribution in [0.2, 0.25) is 0 Å². The molecule has 1 aliphatic heterocycles. The minimum absolute atomic E-state index is 0.0159. The number of sulfonamides is 1. The number of piperazine rings is 1. The van der Waals surface area contributed by atoms with Gasteiger partial charge in [0, 0.05) is 32.2 Å². The lowest BCUT2D eigenvalue weighted by Crippen LogP contribution is -2.49. The second kappa shape index (κ2) is 11.9. The normalized spacial score (nSPS) is 16.0. The van der Waals surface area contributed by atoms with Crippen molar-refractivity contribution in [3.8, 4) is 5.75 Å². The van der Waals surface area contributed by atoms with E-state index in [2.05, 4.69) is 34.5 Å². The third kappa shape index (κ3) is 6.57. The Morgan fingerprint density at radius 2 is 1.30 bits per heavy atom. The van der Waals surface area contributed by atoms with Crippen molar-refractivity contribution in [3.05, 3.63) is 96.1 Å². The minimum atomic E-state index is -3.65. The number of nitrogens with zero attached hydrogens (tertiary/aromatic N) is 2. The molecule has 1 N–H and O–H groups in total. The van der Waals surface area contributed by atoms with E-state index in [9.17, 15) is 13.2 Å². The third-order valence-electron chi connectivity index (χ3n) is 6.44. The summed E-state index contributed by atoms with van der Waals surface area (Å²) in [6, 6.07) is 27.0. The molecule has 3 aromatic carbocycles. The van der Waals surface area contributed by atoms with E-state index in [0.29, 0.717) is 31.9 Å². The quantitative estimate of drug-likeness (QED) is 0.459. The van der Waals surface area contributed by atoms with Crippen LogP contribution in [0.5, 0.6) is 5.75 Å². The second-order valence-electron chi connectivity index (χ2n) is 9.56. The summed E-state index contributed by atoms with van der Waals surface area (Å²) < 4.78 is 34.0. The van der Waals surface area contributed by atoms with Crippen LogP contribution in [0.15, 0.2) is 89.8 Å². The number of benzene rings is 3. The molecule has 1 saturated heterocycles. The number of ether oxygens (including phenoxy) is 1. The summed E-state index contributed by atoms with van der Waals surface area (Å²) in [6.07, 6.45) is -0.680. The average molecular weight is 522 g/mol. The van der Waals surface area contributed by atoms with E-state index in [0.717, 1.165) is 0 Å². The summed E-state index contributed by atoms with van der Waals surface area (Å²) in [5.41, 5.74) is 2.38. The standard InChI is InChI=1S/C29H35N3O4S/c1-22(2)30-29(33)23(3)36-26-14-16-27(17-15-26)37(34,35)32-20-18-31(19-21-32)28(24-10-6-4-7-11-24)25-12-8-5-9-13-25/h4-17,22-23,28H,18-21H2,1-3H3,(H,30,33)/t23-/m1/s1. The molecule has 1 fully saturated rings. The molecule has 3 aromatic rings. The summed E-state index contributed by atoms with van der Waals surface area (Å²) in [5.74, 6) is 0.234. The minimum Gasteiger partial charge on any atom is -0.481 e. The Hall–Kier alpha value is -3.20. The number of hydrogen-bond acceptors (Lipinski definition) is 5. The Kier molecular flexibility index (Phi) is 8.63. The number of amides is 1. The summed E-state index contributed by atoms with van der Waals surface area (Å²) in [4.78, 5) is 14.7. The lowest BCUT2D eigenvalue weighted by Gasteiger charge is -2.39. The van der Waals surface area contributed by atoms with E-state index < -0.39 is 16.1 Å². The Morgan fingerprint density at radius 1 is 0.784 bits per heavy atom. The molecule has 1 atom stereocenters. The van der Waals surface area contributed by atoms with Gasteiger partial charge in [-0.1, -0.05) is 60.7 Å². The highest BCUT2D eigenvalue weighted by Gasteiger charge is 2.32. The lowest BCUT2D eigenvalue weighted by molar-refractivity contribution is -0.127. The van der Waals surface area contributed by atoms with Crippen LogP contribution in [0.3, 0.4) is 0 Å². The van der Waals surface area contributed by atoms with Gasteiger partial charge in [-0.2, -0.15) is 4.31 Å². The molecule has 1 heterocycles. The zero-order chi connectivity index (χ0) is 26.4. The van der Waals surface area contributed by atoms with E-state index in [4.69, 9.17) is 4.74 Å². The molecule has 1 aliphatic rings. The Bertz CT molecular complexity index is 1220. The summed E-state index contributed by atoms with van der Waals surface area (Å²) >= 11 is 0. The molecular formula is C29H35N3O4S. The smallest absolute Gasteiger partial charge is 0.260 e. The van der Waals surface area contributed by atoms with Gasteiger partial charge in [-0.25, -0.2) is 8.42 Å². The Balaban J connectivity index is 1.42. The van der Waals surface area contributed by atoms with E-state index in [1.807, 2.05) is 50.2 Å². The van der Waals surface area contributed by atoms with Gasteiger partial charge < -0.3 is 10.1 Å². The summed E-state index contributed by atoms with van der Waals surface area (Å²) in [6.45, 7) is 7.49. The van der Waals surface area contributed by atoms with Crippen molar-refractivity contribution in [1.82, 2.24) is 14.5 Å². The highest BCUT2D eigenvalue weighted by atomic mass is 32.2. The van der Waals surface area contributed by atoms with Crippen molar-refractivity contribution in [2.75, 3.05) is 26.2 Å². The van der Waals surface area contributed by atoms with Crippen molar-refractivity contribution in [1.29, 1.82) is 0 Å². The van der Waals surface area contributed by atoms with Gasteiger partial charge in [0.05, 0.1) is 10.9 Å². The molecule has 196 valence electrons. The van der Waals surface area contributed by atoms with Crippen LogP contribution < -0.4 is 10.1 Å². The number of hydrogen-bond donors (Lipinski definition) is 1. The van der Waals surface area contributed by atoms with E-state index >= 15 is 0 Å². The first-order valence-corrected chi connectivity index (χ1v) is 14.1. The van der Waals surface area contributed by atoms with Crippen LogP contribution in [0.25, 0.3) is 0 Å². The van der Waals surface area contributed by atoms with Crippen LogP contribution in [0.4, 0.5) is 0 Å². The molecular weight excluding hydrogens is 486 g/mol. The van der Waals surface area contributed by atoms with Gasteiger partial charge in [0.25, 0.3) is 5.91 Å². The van der Waals surface area contributed by atoms with Crippen LogP contribution in [-0.4, -0.2) is 61.9 Å². The van der Waals surface area contributed by atoms with Crippen LogP contribution in [0.1, 0.15) is 37.9 Å². The fraction of sp³-hybridized carbons (Fsp3) is 0.345. The van der Waals surface area contributed by atoms with Gasteiger partial charge >= 0.3 is 0 Å². The summed E-state index contributed by atoms with van der Waals surface area (Å²) in [5, 5.41) is 2.80. The summed E-state index contributed by atoms with van der Waals surface area (Å²) in [7, 11) is -3.65. The first kappa shape index (κ1) is 26.9. The van der Waals surface area contributed by atoms with Crippen LogP contribution in [-0.2, 0) is 14.8 Å². The van der Waals surface area contributed by atoms with Gasteiger partial charge in [-0.15, -0.1) is 0 Å². The molecule has 7 nitrogen and oxygen atoms in total. The van der Waals surface area contributed by atoms with Gasteiger partial charge in [-0.05, 0) is 56.2 Å². The number of carbonyl (C=O) groups excluding carboxylic acids is 1. The van der Waals surface area contributed by atoms with Crippen molar-refractivity contribution < 1.29 is 17.9 Å². The van der Waals surface area contributed by atoms with E-state index in [1.54, 1.807) is 35.5 Å². The van der Waals surface area contributed by atoms with Gasteiger partial charge in [0.15, 0.2) is 6.10 Å². The van der Waals surface area contributed by atoms with Crippen LogP contribution >= 0.6 is 0 Å². The van der Waals surface area contributed by atoms with E-state index in [1.165, 1.54) is 11.1 Å². The highest BCUT2D eigenvalue weighted by Crippen LogP contribution is 2.30. The fourth-order valence-corrected chi connectivity index (χ4v) is 6.01. The molecule has 0 unspecified atom stereocenters. The first-order chi connectivity index (χ1) is 17.8. The Labute approximate surface area is 220 Å². The van der Waals surface area contributed by atoms with E-state index in [-0.39, 0.29) is 22.9 Å². The molecule has 0 spiro atoms. The average Bonchev–Trinajstić information content (AvgIpc) is 2.90. The predicted octanol–water partition coefficient (Wildman–Crippen LogP) is 4.07. The molecule has 8 heteroatoms. The maximum absolute atomic E-state index is 13.4. The number of carbonyl (C=O) groups is 1. The fourth-order valence-electron chi connectivity index (χ4n) is 4.59. The van der Waals surface area contributed by atoms with Crippen molar-refractivity contribution in [2.24, 2.45) is 0 Å². The van der Waals surface area contributed by atoms with Crippen molar-refractivity contribution in [3.63, 3.8) is 0 Å². The SMILES string of the molecule is CC(C)NC(=O)[C@@H](C)Oc1ccc(S(=O)(=O)N2CCN(C(c3ccccc3)c3ccccc3)CC2)cc1. The maximum atomic E-state index is 13.4. The zero-order valence-corrected chi connectivity index (χ0v) is 22.4. The maximum Gasteiger partial charge on any atom is 0.260 e. The molecule has 0 saturated carbocycles. The Morgan fingerprint density at radius 3 is 1.78 bits per heavy atom. The largest absolute Gasteiger partial charge is 0.481 e. The molecule has 37 heavy (non-hydrogen) atoms. The van der Waals surface area contributed by atoms with Crippen LogP contribution in [0, 0.1) is 0 Å². The molecule has 0 aromatic heterocycles. The first-order valence-electron chi connectivity index (χ1n) is 12.7. The molecule has 1 amide bonds. The predicted molar refractivity (Wildman–Crippen MR) is 145 cm³/mol. The number of rotatable bonds is 9. The highest BCUT2D eigenvalue weighted by molar-refractivity contribution is 7.89. The molecule has 4 rings (SSSR count). The lowest BCUT2D eigenvalue weighted by atomic mass is 9.96. The molecule has 0 radical (unpaired) electrons. The van der Waals surface area contributed by atoms with Crippen molar-refractivity contribution >= 4 is 15.9 Å². The third-order valence-corrected chi connectivity index (χ3v) is 8.36. The van der Waals surface area contributed by atoms with Gasteiger partial charge in [0.2, 0.25) is 10.0 Å². The number of nitrogens with one attached hydrogen (secondary N) is 1. The zero-order valence-electron chi connectivity index (χ0n) is 21.6.